The number of aromatic carboxylic acids is 1. The van der Waals surface area contributed by atoms with Crippen LogP contribution in [0.4, 0.5) is 5.69 Å². The summed E-state index contributed by atoms with van der Waals surface area (Å²) in [5.74, 6) is -0.0167. The van der Waals surface area contributed by atoms with Crippen molar-refractivity contribution in [3.63, 3.8) is 0 Å². The van der Waals surface area contributed by atoms with Crippen LogP contribution in [0, 0.1) is 0 Å². The lowest BCUT2D eigenvalue weighted by atomic mass is 9.89. The number of carbonyl (C=O) groups is 1. The molecule has 4 rings (SSSR count). The zero-order chi connectivity index (χ0) is 17.6. The van der Waals surface area contributed by atoms with Crippen molar-refractivity contribution in [2.75, 3.05) is 5.73 Å². The second-order valence-electron chi connectivity index (χ2n) is 5.90. The van der Waals surface area contributed by atoms with Crippen LogP contribution < -0.4 is 26.0 Å². The Hall–Kier alpha value is -3.53. The van der Waals surface area contributed by atoms with E-state index in [-0.39, 0.29) is 5.56 Å². The predicted octanol–water partition coefficient (Wildman–Crippen LogP) is 1.40. The zero-order valence-electron chi connectivity index (χ0n) is 13.3. The number of carbonyl (C=O) groups excluding carboxylic acids is 1. The van der Waals surface area contributed by atoms with Gasteiger partial charge in [0.1, 0.15) is 11.5 Å². The maximum atomic E-state index is 11.6. The molecule has 3 aromatic carbocycles. The Bertz CT molecular complexity index is 1130. The highest BCUT2D eigenvalue weighted by Crippen LogP contribution is 2.37. The molecule has 1 aliphatic heterocycles. The Morgan fingerprint density at radius 2 is 1.76 bits per heavy atom. The zero-order valence-corrected chi connectivity index (χ0v) is 13.3. The normalized spacial score (nSPS) is 12.1. The molecule has 0 radical (unpaired) electrons. The molecular formula is C21H14NO3-. The minimum absolute atomic E-state index is 0.131. The molecule has 0 aliphatic carbocycles. The van der Waals surface area contributed by atoms with E-state index < -0.39 is 5.97 Å². The third-order valence-corrected chi connectivity index (χ3v) is 4.23. The van der Waals surface area contributed by atoms with Crippen LogP contribution in [0.5, 0.6) is 11.5 Å². The molecule has 4 heteroatoms. The molecule has 0 spiro atoms. The minimum Gasteiger partial charge on any atom is -0.545 e. The van der Waals surface area contributed by atoms with Crippen LogP contribution in [0.1, 0.15) is 21.5 Å². The molecular weight excluding hydrogens is 314 g/mol. The number of carboxylic acids is 1. The second kappa shape index (κ2) is 5.53. The maximum Gasteiger partial charge on any atom is 0.137 e. The van der Waals surface area contributed by atoms with Gasteiger partial charge in [0.05, 0.1) is 5.97 Å². The predicted molar refractivity (Wildman–Crippen MR) is 94.5 cm³/mol. The summed E-state index contributed by atoms with van der Waals surface area (Å²) in [7, 11) is 0. The lowest BCUT2D eigenvalue weighted by Crippen LogP contribution is -2.26. The summed E-state index contributed by atoms with van der Waals surface area (Å²) in [6, 6.07) is 17.7. The molecule has 25 heavy (non-hydrogen) atoms. The van der Waals surface area contributed by atoms with Crippen LogP contribution in [-0.4, -0.2) is 5.97 Å². The summed E-state index contributed by atoms with van der Waals surface area (Å²) in [6.07, 6.45) is 0. The van der Waals surface area contributed by atoms with E-state index in [0.717, 1.165) is 21.6 Å². The van der Waals surface area contributed by atoms with Crippen molar-refractivity contribution in [1.29, 1.82) is 0 Å². The molecule has 1 aliphatic rings. The van der Waals surface area contributed by atoms with Gasteiger partial charge in [-0.1, -0.05) is 43.0 Å². The summed E-state index contributed by atoms with van der Waals surface area (Å²) in [6.45, 7) is 3.93. The number of nitrogen functional groups attached to an aromatic ring is 1. The molecule has 3 aromatic rings. The molecule has 0 saturated heterocycles. The lowest BCUT2D eigenvalue weighted by molar-refractivity contribution is -0.255. The molecule has 0 amide bonds. The monoisotopic (exact) mass is 328 g/mol. The van der Waals surface area contributed by atoms with Crippen molar-refractivity contribution >= 4 is 23.8 Å². The fraction of sp³-hybridized carbons (Fsp3) is 0. The molecule has 0 saturated carbocycles. The van der Waals surface area contributed by atoms with Gasteiger partial charge in [-0.3, -0.25) is 0 Å². The molecule has 0 aromatic heterocycles. The van der Waals surface area contributed by atoms with E-state index in [1.807, 2.05) is 24.3 Å². The molecule has 2 N–H and O–H groups in total. The van der Waals surface area contributed by atoms with Crippen molar-refractivity contribution < 1.29 is 14.6 Å². The summed E-state index contributed by atoms with van der Waals surface area (Å²) < 4.78 is 5.99. The van der Waals surface area contributed by atoms with Gasteiger partial charge in [-0.05, 0) is 29.0 Å². The van der Waals surface area contributed by atoms with Gasteiger partial charge in [0.25, 0.3) is 0 Å². The van der Waals surface area contributed by atoms with E-state index >= 15 is 0 Å². The quantitative estimate of drug-likeness (QED) is 0.564. The van der Waals surface area contributed by atoms with E-state index in [2.05, 4.69) is 6.58 Å². The van der Waals surface area contributed by atoms with Crippen molar-refractivity contribution in [2.45, 2.75) is 0 Å². The van der Waals surface area contributed by atoms with Crippen molar-refractivity contribution in [2.24, 2.45) is 0 Å². The number of anilines is 1. The highest BCUT2D eigenvalue weighted by molar-refractivity contribution is 5.97. The average molecular weight is 328 g/mol. The molecule has 0 atom stereocenters. The third kappa shape index (κ3) is 2.44. The van der Waals surface area contributed by atoms with Crippen LogP contribution in [0.3, 0.4) is 0 Å². The Kier molecular flexibility index (Phi) is 3.32. The number of hydrogen-bond acceptors (Lipinski definition) is 4. The molecule has 1 heterocycles. The Balaban J connectivity index is 2.16. The topological polar surface area (TPSA) is 75.4 Å². The highest BCUT2D eigenvalue weighted by atomic mass is 16.5. The molecule has 0 fully saturated rings. The highest BCUT2D eigenvalue weighted by Gasteiger charge is 2.22. The number of ether oxygens (including phenoxy) is 1. The first kappa shape index (κ1) is 15.0. The summed E-state index contributed by atoms with van der Waals surface area (Å²) in [4.78, 5) is 11.6. The third-order valence-electron chi connectivity index (χ3n) is 4.23. The van der Waals surface area contributed by atoms with E-state index in [1.54, 1.807) is 36.4 Å². The first-order chi connectivity index (χ1) is 12.0. The van der Waals surface area contributed by atoms with Crippen molar-refractivity contribution in [3.05, 3.63) is 87.8 Å². The summed E-state index contributed by atoms with van der Waals surface area (Å²) in [5, 5.41) is 13.2. The first-order valence-electron chi connectivity index (χ1n) is 7.76. The maximum absolute atomic E-state index is 11.6. The van der Waals surface area contributed by atoms with Gasteiger partial charge in [-0.2, -0.15) is 0 Å². The standard InChI is InChI=1S/C21H15NO3/c1-12-6-8-16-18(10-12)25-19-11-13(22)7-9-17(19)20(16)14-4-2-3-5-15(14)21(23)24/h2-11H,1,22H2,(H,23,24)/p-1. The van der Waals surface area contributed by atoms with Crippen molar-refractivity contribution in [1.82, 2.24) is 0 Å². The Morgan fingerprint density at radius 3 is 2.56 bits per heavy atom. The SMILES string of the molecule is C=c1ccc2c(c1)Oc1cc(N)ccc1C=2c1ccccc1C(=O)[O-]. The van der Waals surface area contributed by atoms with E-state index in [0.29, 0.717) is 22.7 Å². The number of nitrogens with two attached hydrogens (primary N) is 1. The summed E-state index contributed by atoms with van der Waals surface area (Å²) >= 11 is 0. The fourth-order valence-electron chi connectivity index (χ4n) is 3.12. The first-order valence-corrected chi connectivity index (χ1v) is 7.76. The molecule has 0 unspecified atom stereocenters. The van der Waals surface area contributed by atoms with Crippen LogP contribution in [0.2, 0.25) is 0 Å². The Morgan fingerprint density at radius 1 is 0.960 bits per heavy atom. The lowest BCUT2D eigenvalue weighted by Gasteiger charge is -2.23. The van der Waals surface area contributed by atoms with Gasteiger partial charge >= 0.3 is 0 Å². The molecule has 122 valence electrons. The number of fused-ring (bicyclic) bond motifs is 2. The van der Waals surface area contributed by atoms with Crippen LogP contribution >= 0.6 is 0 Å². The van der Waals surface area contributed by atoms with Crippen LogP contribution in [-0.2, 0) is 0 Å². The smallest absolute Gasteiger partial charge is 0.137 e. The number of benzene rings is 3. The molecule has 0 bridgehead atoms. The van der Waals surface area contributed by atoms with Gasteiger partial charge in [0, 0.05) is 33.7 Å². The fourth-order valence-corrected chi connectivity index (χ4v) is 3.12. The van der Waals surface area contributed by atoms with Gasteiger partial charge in [-0.25, -0.2) is 0 Å². The number of carboxylic acid groups (broad SMARTS) is 1. The summed E-state index contributed by atoms with van der Waals surface area (Å²) in [5.41, 5.74) is 8.73. The van der Waals surface area contributed by atoms with E-state index in [1.165, 1.54) is 0 Å². The number of hydrogen-bond donors (Lipinski definition) is 1. The van der Waals surface area contributed by atoms with Crippen LogP contribution in [0.25, 0.3) is 12.2 Å². The van der Waals surface area contributed by atoms with Crippen molar-refractivity contribution in [3.8, 4) is 11.5 Å². The van der Waals surface area contributed by atoms with Gasteiger partial charge in [0.15, 0.2) is 0 Å². The Labute approximate surface area is 144 Å². The van der Waals surface area contributed by atoms with Crippen LogP contribution in [0.15, 0.2) is 60.7 Å². The molecule has 4 nitrogen and oxygen atoms in total. The second-order valence-corrected chi connectivity index (χ2v) is 5.90. The minimum atomic E-state index is -1.22. The van der Waals surface area contributed by atoms with E-state index in [9.17, 15) is 9.90 Å². The average Bonchev–Trinajstić information content (AvgIpc) is 2.59. The van der Waals surface area contributed by atoms with Gasteiger partial charge in [-0.15, -0.1) is 0 Å². The largest absolute Gasteiger partial charge is 0.545 e. The van der Waals surface area contributed by atoms with Gasteiger partial charge < -0.3 is 20.4 Å². The van der Waals surface area contributed by atoms with E-state index in [4.69, 9.17) is 10.5 Å². The van der Waals surface area contributed by atoms with Gasteiger partial charge in [0.2, 0.25) is 0 Å². The number of rotatable bonds is 2.